The summed E-state index contributed by atoms with van der Waals surface area (Å²) in [6.07, 6.45) is 3.95. The third-order valence-corrected chi connectivity index (χ3v) is 3.08. The summed E-state index contributed by atoms with van der Waals surface area (Å²) in [6.45, 7) is 0. The van der Waals surface area contributed by atoms with Gasteiger partial charge in [0.15, 0.2) is 0 Å². The first-order valence-corrected chi connectivity index (χ1v) is 6.74. The molecule has 0 atom stereocenters. The topological polar surface area (TPSA) is 51.8 Å². The van der Waals surface area contributed by atoms with Crippen LogP contribution in [0, 0.1) is 0 Å². The minimum atomic E-state index is 0.282. The number of nitrogens with zero attached hydrogens (tertiary/aromatic N) is 2. The second kappa shape index (κ2) is 6.01. The predicted molar refractivity (Wildman–Crippen MR) is 87.3 cm³/mol. The van der Waals surface area contributed by atoms with Crippen LogP contribution in [0.25, 0.3) is 23.4 Å². The van der Waals surface area contributed by atoms with Gasteiger partial charge in [-0.1, -0.05) is 66.7 Å². The molecule has 1 aromatic heterocycles. The lowest BCUT2D eigenvalue weighted by Gasteiger charge is -2.03. The van der Waals surface area contributed by atoms with Gasteiger partial charge < -0.3 is 5.73 Å². The summed E-state index contributed by atoms with van der Waals surface area (Å²) in [5.41, 5.74) is 9.59. The van der Waals surface area contributed by atoms with E-state index in [2.05, 4.69) is 9.97 Å². The van der Waals surface area contributed by atoms with Crippen molar-refractivity contribution >= 4 is 18.1 Å². The Morgan fingerprint density at radius 2 is 1.43 bits per heavy atom. The zero-order valence-corrected chi connectivity index (χ0v) is 11.5. The lowest BCUT2D eigenvalue weighted by Crippen LogP contribution is -1.98. The SMILES string of the molecule is Nc1nc(/C=C/c2ccccc2)cc(-c2ccccc2)n1. The van der Waals surface area contributed by atoms with Gasteiger partial charge in [0.05, 0.1) is 11.4 Å². The van der Waals surface area contributed by atoms with Crippen molar-refractivity contribution in [3.63, 3.8) is 0 Å². The van der Waals surface area contributed by atoms with Crippen LogP contribution in [0.3, 0.4) is 0 Å². The maximum atomic E-state index is 5.81. The van der Waals surface area contributed by atoms with E-state index in [1.165, 1.54) is 0 Å². The van der Waals surface area contributed by atoms with Crippen molar-refractivity contribution in [2.45, 2.75) is 0 Å². The van der Waals surface area contributed by atoms with E-state index in [0.717, 1.165) is 22.5 Å². The van der Waals surface area contributed by atoms with Crippen LogP contribution in [0.2, 0.25) is 0 Å². The Morgan fingerprint density at radius 1 is 0.762 bits per heavy atom. The zero-order chi connectivity index (χ0) is 14.5. The molecule has 2 aromatic carbocycles. The van der Waals surface area contributed by atoms with E-state index in [4.69, 9.17) is 5.73 Å². The molecular weight excluding hydrogens is 258 g/mol. The first kappa shape index (κ1) is 13.1. The highest BCUT2D eigenvalue weighted by molar-refractivity contribution is 5.71. The molecule has 0 radical (unpaired) electrons. The van der Waals surface area contributed by atoms with Crippen molar-refractivity contribution in [2.24, 2.45) is 0 Å². The van der Waals surface area contributed by atoms with Crippen LogP contribution in [0.5, 0.6) is 0 Å². The molecule has 3 heteroatoms. The Labute approximate surface area is 123 Å². The molecule has 3 rings (SSSR count). The van der Waals surface area contributed by atoms with Crippen LogP contribution in [-0.4, -0.2) is 9.97 Å². The van der Waals surface area contributed by atoms with Crippen molar-refractivity contribution in [2.75, 3.05) is 5.73 Å². The van der Waals surface area contributed by atoms with Crippen LogP contribution in [0.1, 0.15) is 11.3 Å². The number of rotatable bonds is 3. The molecule has 2 N–H and O–H groups in total. The molecule has 0 bridgehead atoms. The van der Waals surface area contributed by atoms with Crippen LogP contribution in [-0.2, 0) is 0 Å². The average molecular weight is 273 g/mol. The smallest absolute Gasteiger partial charge is 0.221 e. The highest BCUT2D eigenvalue weighted by atomic mass is 15.0. The van der Waals surface area contributed by atoms with Gasteiger partial charge in [-0.2, -0.15) is 0 Å². The second-order valence-electron chi connectivity index (χ2n) is 4.65. The van der Waals surface area contributed by atoms with Gasteiger partial charge in [-0.25, -0.2) is 9.97 Å². The summed E-state index contributed by atoms with van der Waals surface area (Å²) >= 11 is 0. The molecule has 0 fully saturated rings. The first-order chi connectivity index (χ1) is 10.3. The fourth-order valence-electron chi connectivity index (χ4n) is 2.07. The summed E-state index contributed by atoms with van der Waals surface area (Å²) in [6, 6.07) is 22.0. The van der Waals surface area contributed by atoms with E-state index in [1.54, 1.807) is 0 Å². The summed E-state index contributed by atoms with van der Waals surface area (Å²) in [7, 11) is 0. The molecule has 21 heavy (non-hydrogen) atoms. The van der Waals surface area contributed by atoms with Crippen LogP contribution >= 0.6 is 0 Å². The van der Waals surface area contributed by atoms with Gasteiger partial charge in [-0.3, -0.25) is 0 Å². The molecular formula is C18H15N3. The number of nitrogen functional groups attached to an aromatic ring is 1. The van der Waals surface area contributed by atoms with E-state index >= 15 is 0 Å². The fourth-order valence-corrected chi connectivity index (χ4v) is 2.07. The van der Waals surface area contributed by atoms with E-state index in [1.807, 2.05) is 78.9 Å². The molecule has 3 nitrogen and oxygen atoms in total. The van der Waals surface area contributed by atoms with E-state index < -0.39 is 0 Å². The third-order valence-electron chi connectivity index (χ3n) is 3.08. The maximum Gasteiger partial charge on any atom is 0.221 e. The maximum absolute atomic E-state index is 5.81. The molecule has 0 amide bonds. The Bertz CT molecular complexity index is 750. The third kappa shape index (κ3) is 3.34. The Morgan fingerprint density at radius 3 is 2.14 bits per heavy atom. The van der Waals surface area contributed by atoms with Gasteiger partial charge in [0.2, 0.25) is 5.95 Å². The second-order valence-corrected chi connectivity index (χ2v) is 4.65. The van der Waals surface area contributed by atoms with Gasteiger partial charge in [0, 0.05) is 5.56 Å². The van der Waals surface area contributed by atoms with Gasteiger partial charge in [-0.05, 0) is 17.7 Å². The minimum absolute atomic E-state index is 0.282. The van der Waals surface area contributed by atoms with Gasteiger partial charge in [-0.15, -0.1) is 0 Å². The first-order valence-electron chi connectivity index (χ1n) is 6.74. The van der Waals surface area contributed by atoms with Crippen molar-refractivity contribution in [1.29, 1.82) is 0 Å². The van der Waals surface area contributed by atoms with Crippen molar-refractivity contribution in [1.82, 2.24) is 9.97 Å². The lowest BCUT2D eigenvalue weighted by molar-refractivity contribution is 1.17. The highest BCUT2D eigenvalue weighted by Gasteiger charge is 2.02. The molecule has 3 aromatic rings. The van der Waals surface area contributed by atoms with E-state index in [-0.39, 0.29) is 5.95 Å². The van der Waals surface area contributed by atoms with Gasteiger partial charge in [0.25, 0.3) is 0 Å². The van der Waals surface area contributed by atoms with E-state index in [0.29, 0.717) is 0 Å². The zero-order valence-electron chi connectivity index (χ0n) is 11.5. The number of hydrogen-bond acceptors (Lipinski definition) is 3. The molecule has 102 valence electrons. The lowest BCUT2D eigenvalue weighted by atomic mass is 10.1. The number of aromatic nitrogens is 2. The van der Waals surface area contributed by atoms with Crippen LogP contribution in [0.4, 0.5) is 5.95 Å². The van der Waals surface area contributed by atoms with Crippen LogP contribution < -0.4 is 5.73 Å². The number of hydrogen-bond donors (Lipinski definition) is 1. The molecule has 0 saturated carbocycles. The van der Waals surface area contributed by atoms with Crippen molar-refractivity contribution in [3.05, 3.63) is 78.0 Å². The molecule has 0 unspecified atom stereocenters. The summed E-state index contributed by atoms with van der Waals surface area (Å²) < 4.78 is 0. The molecule has 1 heterocycles. The monoisotopic (exact) mass is 273 g/mol. The number of benzene rings is 2. The van der Waals surface area contributed by atoms with E-state index in [9.17, 15) is 0 Å². The quantitative estimate of drug-likeness (QED) is 0.787. The Hall–Kier alpha value is -2.94. The standard InChI is InChI=1S/C18H15N3/c19-18-20-16(12-11-14-7-3-1-4-8-14)13-17(21-18)15-9-5-2-6-10-15/h1-13H,(H2,19,20,21)/b12-11+. The Kier molecular flexibility index (Phi) is 3.74. The summed E-state index contributed by atoms with van der Waals surface area (Å²) in [5, 5.41) is 0. The fraction of sp³-hybridized carbons (Fsp3) is 0. The van der Waals surface area contributed by atoms with Crippen LogP contribution in [0.15, 0.2) is 66.7 Å². The summed E-state index contributed by atoms with van der Waals surface area (Å²) in [5.74, 6) is 0.282. The highest BCUT2D eigenvalue weighted by Crippen LogP contribution is 2.19. The predicted octanol–water partition coefficient (Wildman–Crippen LogP) is 3.90. The number of nitrogens with two attached hydrogens (primary N) is 1. The van der Waals surface area contributed by atoms with Gasteiger partial charge in [0.1, 0.15) is 0 Å². The molecule has 0 spiro atoms. The van der Waals surface area contributed by atoms with Crippen molar-refractivity contribution < 1.29 is 0 Å². The largest absolute Gasteiger partial charge is 0.368 e. The normalized spacial score (nSPS) is 10.9. The van der Waals surface area contributed by atoms with Gasteiger partial charge >= 0.3 is 0 Å². The Balaban J connectivity index is 1.93. The number of anilines is 1. The molecule has 0 aliphatic rings. The molecule has 0 saturated heterocycles. The average Bonchev–Trinajstić information content (AvgIpc) is 2.54. The van der Waals surface area contributed by atoms with Crippen molar-refractivity contribution in [3.8, 4) is 11.3 Å². The summed E-state index contributed by atoms with van der Waals surface area (Å²) in [4.78, 5) is 8.55. The molecule has 0 aliphatic heterocycles. The molecule has 0 aliphatic carbocycles. The minimum Gasteiger partial charge on any atom is -0.368 e.